The smallest absolute Gasteiger partial charge is 0.216 e. The number of aromatic nitrogens is 1. The Morgan fingerprint density at radius 3 is 1.50 bits per heavy atom. The van der Waals surface area contributed by atoms with Crippen LogP contribution < -0.4 is 4.57 Å². The topological polar surface area (TPSA) is 24.1 Å². The molecule has 0 bridgehead atoms. The molecule has 98 valence electrons. The molecular weight excluding hydrogens is 246 g/mol. The van der Waals surface area contributed by atoms with Gasteiger partial charge in [-0.3, -0.25) is 0 Å². The maximum Gasteiger partial charge on any atom is 0.216 e. The average Bonchev–Trinajstić information content (AvgIpc) is 2.51. The van der Waals surface area contributed by atoms with Crippen LogP contribution in [0.2, 0.25) is 0 Å². The molecule has 0 spiro atoms. The van der Waals surface area contributed by atoms with E-state index in [1.54, 1.807) is 12.1 Å². The minimum Gasteiger partial charge on any atom is -0.507 e. The molecule has 0 saturated heterocycles. The molecule has 3 aromatic rings. The monoisotopic (exact) mass is 262 g/mol. The van der Waals surface area contributed by atoms with Gasteiger partial charge >= 0.3 is 0 Å². The zero-order valence-corrected chi connectivity index (χ0v) is 11.3. The summed E-state index contributed by atoms with van der Waals surface area (Å²) >= 11 is 0. The molecule has 2 nitrogen and oxygen atoms in total. The number of pyridine rings is 1. The molecule has 2 aromatic carbocycles. The van der Waals surface area contributed by atoms with Crippen molar-refractivity contribution in [2.75, 3.05) is 0 Å². The average molecular weight is 262 g/mol. The highest BCUT2D eigenvalue weighted by Crippen LogP contribution is 2.25. The van der Waals surface area contributed by atoms with E-state index in [0.717, 1.165) is 22.5 Å². The van der Waals surface area contributed by atoms with Crippen molar-refractivity contribution in [3.05, 3.63) is 72.8 Å². The van der Waals surface area contributed by atoms with E-state index < -0.39 is 0 Å². The Morgan fingerprint density at radius 2 is 1.10 bits per heavy atom. The van der Waals surface area contributed by atoms with Gasteiger partial charge in [-0.15, -0.1) is 0 Å². The first-order valence-corrected chi connectivity index (χ1v) is 6.59. The van der Waals surface area contributed by atoms with E-state index in [-0.39, 0.29) is 5.75 Å². The molecule has 0 fully saturated rings. The third-order valence-electron chi connectivity index (χ3n) is 3.43. The molecule has 0 aliphatic rings. The highest BCUT2D eigenvalue weighted by atomic mass is 16.3. The molecule has 0 saturated carbocycles. The van der Waals surface area contributed by atoms with Gasteiger partial charge in [-0.2, -0.15) is 4.57 Å². The van der Waals surface area contributed by atoms with Crippen molar-refractivity contribution >= 4 is 0 Å². The molecule has 1 aromatic heterocycles. The summed E-state index contributed by atoms with van der Waals surface area (Å²) in [4.78, 5) is 0. The third kappa shape index (κ3) is 2.28. The van der Waals surface area contributed by atoms with Gasteiger partial charge in [0.1, 0.15) is 12.8 Å². The summed E-state index contributed by atoms with van der Waals surface area (Å²) < 4.78 is 2.10. The Balaban J connectivity index is 2.22. The molecule has 0 amide bonds. The largest absolute Gasteiger partial charge is 0.507 e. The number of nitrogens with zero attached hydrogens (tertiary/aromatic N) is 1. The molecule has 0 aliphatic heterocycles. The summed E-state index contributed by atoms with van der Waals surface area (Å²) in [5.41, 5.74) is 4.15. The van der Waals surface area contributed by atoms with E-state index in [1.807, 2.05) is 67.7 Å². The minimum absolute atomic E-state index is 0.279. The van der Waals surface area contributed by atoms with Gasteiger partial charge < -0.3 is 5.11 Å². The molecule has 3 rings (SSSR count). The lowest BCUT2D eigenvalue weighted by molar-refractivity contribution is -0.649. The molecule has 0 unspecified atom stereocenters. The molecule has 0 radical (unpaired) electrons. The fourth-order valence-electron chi connectivity index (χ4n) is 2.42. The van der Waals surface area contributed by atoms with Gasteiger partial charge in [0.2, 0.25) is 11.4 Å². The van der Waals surface area contributed by atoms with E-state index in [9.17, 15) is 5.11 Å². The highest BCUT2D eigenvalue weighted by Gasteiger charge is 2.18. The predicted octanol–water partition coefficient (Wildman–Crippen LogP) is 3.55. The van der Waals surface area contributed by atoms with Gasteiger partial charge in [0.15, 0.2) is 0 Å². The number of aromatic hydroxyl groups is 1. The SMILES string of the molecule is C[n+]1c(-c2ccccc2)cc(O)cc1-c1ccccc1. The number of benzene rings is 2. The molecule has 2 heteroatoms. The Hall–Kier alpha value is -2.61. The zero-order chi connectivity index (χ0) is 13.9. The van der Waals surface area contributed by atoms with Gasteiger partial charge in [0.05, 0.1) is 12.1 Å². The first kappa shape index (κ1) is 12.4. The van der Waals surface area contributed by atoms with Crippen LogP contribution in [0.1, 0.15) is 0 Å². The Labute approximate surface area is 118 Å². The van der Waals surface area contributed by atoms with Crippen LogP contribution >= 0.6 is 0 Å². The quantitative estimate of drug-likeness (QED) is 0.702. The first-order chi connectivity index (χ1) is 9.75. The van der Waals surface area contributed by atoms with Crippen LogP contribution in [-0.2, 0) is 7.05 Å². The van der Waals surface area contributed by atoms with Crippen molar-refractivity contribution in [2.45, 2.75) is 0 Å². The van der Waals surface area contributed by atoms with E-state index >= 15 is 0 Å². The Morgan fingerprint density at radius 1 is 0.700 bits per heavy atom. The summed E-state index contributed by atoms with van der Waals surface area (Å²) in [5.74, 6) is 0.279. The summed E-state index contributed by atoms with van der Waals surface area (Å²) in [6.07, 6.45) is 0. The Bertz CT molecular complexity index is 660. The predicted molar refractivity (Wildman–Crippen MR) is 80.2 cm³/mol. The molecule has 20 heavy (non-hydrogen) atoms. The van der Waals surface area contributed by atoms with E-state index in [4.69, 9.17) is 0 Å². The molecule has 0 atom stereocenters. The summed E-state index contributed by atoms with van der Waals surface area (Å²) in [6.45, 7) is 0. The van der Waals surface area contributed by atoms with Crippen molar-refractivity contribution in [1.29, 1.82) is 0 Å². The lowest BCUT2D eigenvalue weighted by Gasteiger charge is -2.06. The summed E-state index contributed by atoms with van der Waals surface area (Å²) in [5, 5.41) is 10.0. The van der Waals surface area contributed by atoms with Gasteiger partial charge in [0, 0.05) is 11.1 Å². The zero-order valence-electron chi connectivity index (χ0n) is 11.3. The Kier molecular flexibility index (Phi) is 3.21. The second kappa shape index (κ2) is 5.17. The van der Waals surface area contributed by atoms with Gasteiger partial charge in [-0.05, 0) is 24.3 Å². The summed E-state index contributed by atoms with van der Waals surface area (Å²) in [7, 11) is 2.02. The van der Waals surface area contributed by atoms with Gasteiger partial charge in [0.25, 0.3) is 0 Å². The molecule has 0 aliphatic carbocycles. The first-order valence-electron chi connectivity index (χ1n) is 6.59. The standard InChI is InChI=1S/C18H15NO/c1-19-17(14-8-4-2-5-9-14)12-16(20)13-18(19)15-10-6-3-7-11-15/h2-13H,1H3/p+1. The molecule has 1 heterocycles. The van der Waals surface area contributed by atoms with Gasteiger partial charge in [-0.1, -0.05) is 36.4 Å². The van der Waals surface area contributed by atoms with Crippen LogP contribution in [0.3, 0.4) is 0 Å². The normalized spacial score (nSPS) is 10.4. The van der Waals surface area contributed by atoms with Crippen LogP contribution in [0.25, 0.3) is 22.5 Å². The van der Waals surface area contributed by atoms with Crippen LogP contribution in [-0.4, -0.2) is 5.11 Å². The van der Waals surface area contributed by atoms with Crippen LogP contribution in [0.4, 0.5) is 0 Å². The lowest BCUT2D eigenvalue weighted by atomic mass is 10.1. The van der Waals surface area contributed by atoms with Crippen LogP contribution in [0.5, 0.6) is 5.75 Å². The highest BCUT2D eigenvalue weighted by molar-refractivity contribution is 5.63. The second-order valence-corrected chi connectivity index (χ2v) is 4.78. The maximum atomic E-state index is 10.0. The number of hydrogen-bond acceptors (Lipinski definition) is 1. The van der Waals surface area contributed by atoms with Crippen molar-refractivity contribution < 1.29 is 9.67 Å². The van der Waals surface area contributed by atoms with Crippen molar-refractivity contribution in [3.63, 3.8) is 0 Å². The second-order valence-electron chi connectivity index (χ2n) is 4.78. The fourth-order valence-corrected chi connectivity index (χ4v) is 2.42. The maximum absolute atomic E-state index is 10.0. The fraction of sp³-hybridized carbons (Fsp3) is 0.0556. The molecular formula is C18H16NO+. The van der Waals surface area contributed by atoms with E-state index in [1.165, 1.54) is 0 Å². The third-order valence-corrected chi connectivity index (χ3v) is 3.43. The lowest BCUT2D eigenvalue weighted by Crippen LogP contribution is -2.33. The minimum atomic E-state index is 0.279. The molecule has 1 N–H and O–H groups in total. The van der Waals surface area contributed by atoms with E-state index in [0.29, 0.717) is 0 Å². The van der Waals surface area contributed by atoms with Crippen LogP contribution in [0.15, 0.2) is 72.8 Å². The van der Waals surface area contributed by atoms with Crippen molar-refractivity contribution in [3.8, 4) is 28.3 Å². The number of hydrogen-bond donors (Lipinski definition) is 1. The van der Waals surface area contributed by atoms with Crippen molar-refractivity contribution in [2.24, 2.45) is 7.05 Å². The van der Waals surface area contributed by atoms with Crippen molar-refractivity contribution in [1.82, 2.24) is 0 Å². The van der Waals surface area contributed by atoms with Gasteiger partial charge in [-0.25, -0.2) is 0 Å². The van der Waals surface area contributed by atoms with Crippen LogP contribution in [0, 0.1) is 0 Å². The van der Waals surface area contributed by atoms with E-state index in [2.05, 4.69) is 4.57 Å². The summed E-state index contributed by atoms with van der Waals surface area (Å²) in [6, 6.07) is 23.8. The number of rotatable bonds is 2.